The maximum Gasteiger partial charge on any atom is 0.251 e. The molecule has 3 rings (SSSR count). The molecular formula is C24H26N2O4S. The van der Waals surface area contributed by atoms with E-state index in [0.717, 1.165) is 21.0 Å². The first-order chi connectivity index (χ1) is 14.7. The van der Waals surface area contributed by atoms with E-state index in [1.807, 2.05) is 61.5 Å². The highest BCUT2D eigenvalue weighted by Crippen LogP contribution is 2.27. The van der Waals surface area contributed by atoms with Crippen LogP contribution in [0, 0.1) is 0 Å². The van der Waals surface area contributed by atoms with E-state index < -0.39 is 10.0 Å². The molecule has 0 radical (unpaired) electrons. The van der Waals surface area contributed by atoms with Gasteiger partial charge in [0.25, 0.3) is 5.91 Å². The SMILES string of the molecule is COc1ccc(C(=O)NC(C)c2ccc(-c3ccccc3)cc2)cc1S(=O)(=O)N(C)C. The molecule has 0 bridgehead atoms. The molecule has 3 aromatic rings. The van der Waals surface area contributed by atoms with Crippen LogP contribution in [0.3, 0.4) is 0 Å². The predicted molar refractivity (Wildman–Crippen MR) is 122 cm³/mol. The summed E-state index contributed by atoms with van der Waals surface area (Å²) in [6.45, 7) is 1.89. The highest BCUT2D eigenvalue weighted by molar-refractivity contribution is 7.89. The van der Waals surface area contributed by atoms with E-state index in [-0.39, 0.29) is 28.2 Å². The number of carbonyl (C=O) groups is 1. The normalized spacial score (nSPS) is 12.4. The lowest BCUT2D eigenvalue weighted by Gasteiger charge is -2.17. The topological polar surface area (TPSA) is 75.7 Å². The van der Waals surface area contributed by atoms with Crippen LogP contribution < -0.4 is 10.1 Å². The number of hydrogen-bond donors (Lipinski definition) is 1. The van der Waals surface area contributed by atoms with Crippen LogP contribution in [0.1, 0.15) is 28.9 Å². The van der Waals surface area contributed by atoms with Gasteiger partial charge in [0.15, 0.2) is 0 Å². The molecule has 0 aromatic heterocycles. The van der Waals surface area contributed by atoms with Gasteiger partial charge in [-0.2, -0.15) is 0 Å². The summed E-state index contributed by atoms with van der Waals surface area (Å²) >= 11 is 0. The van der Waals surface area contributed by atoms with Crippen LogP contribution in [-0.4, -0.2) is 39.8 Å². The van der Waals surface area contributed by atoms with Gasteiger partial charge >= 0.3 is 0 Å². The lowest BCUT2D eigenvalue weighted by Crippen LogP contribution is -2.27. The van der Waals surface area contributed by atoms with Crippen LogP contribution in [-0.2, 0) is 10.0 Å². The first-order valence-electron chi connectivity index (χ1n) is 9.81. The van der Waals surface area contributed by atoms with Crippen LogP contribution in [0.4, 0.5) is 0 Å². The number of rotatable bonds is 7. The first kappa shape index (κ1) is 22.5. The van der Waals surface area contributed by atoms with Gasteiger partial charge < -0.3 is 10.1 Å². The Morgan fingerprint density at radius 2 is 1.55 bits per heavy atom. The molecular weight excluding hydrogens is 412 g/mol. The summed E-state index contributed by atoms with van der Waals surface area (Å²) in [6.07, 6.45) is 0. The van der Waals surface area contributed by atoms with Crippen molar-refractivity contribution in [3.63, 3.8) is 0 Å². The lowest BCUT2D eigenvalue weighted by molar-refractivity contribution is 0.0939. The summed E-state index contributed by atoms with van der Waals surface area (Å²) in [5, 5.41) is 2.93. The van der Waals surface area contributed by atoms with Crippen LogP contribution in [0.25, 0.3) is 11.1 Å². The molecule has 6 nitrogen and oxygen atoms in total. The number of nitrogens with zero attached hydrogens (tertiary/aromatic N) is 1. The van der Waals surface area contributed by atoms with E-state index in [0.29, 0.717) is 0 Å². The van der Waals surface area contributed by atoms with Crippen molar-refractivity contribution in [3.05, 3.63) is 83.9 Å². The second kappa shape index (κ2) is 9.32. The fourth-order valence-corrected chi connectivity index (χ4v) is 4.25. The number of ether oxygens (including phenoxy) is 1. The standard InChI is InChI=1S/C24H26N2O4S/c1-17(18-10-12-20(13-11-18)19-8-6-5-7-9-19)25-24(27)21-14-15-22(30-4)23(16-21)31(28,29)26(2)3/h5-17H,1-4H3,(H,25,27). The molecule has 0 saturated carbocycles. The Kier molecular flexibility index (Phi) is 6.77. The maximum atomic E-state index is 12.8. The van der Waals surface area contributed by atoms with Gasteiger partial charge in [-0.1, -0.05) is 54.6 Å². The second-order valence-electron chi connectivity index (χ2n) is 7.34. The van der Waals surface area contributed by atoms with E-state index >= 15 is 0 Å². The van der Waals surface area contributed by atoms with Crippen molar-refractivity contribution in [1.29, 1.82) is 0 Å². The molecule has 0 spiro atoms. The number of carbonyl (C=O) groups excluding carboxylic acids is 1. The Bertz CT molecular complexity index is 1160. The van der Waals surface area contributed by atoms with Gasteiger partial charge in [-0.05, 0) is 41.8 Å². The lowest BCUT2D eigenvalue weighted by atomic mass is 10.0. The minimum absolute atomic E-state index is 0.0486. The Labute approximate surface area is 183 Å². The van der Waals surface area contributed by atoms with Gasteiger partial charge in [-0.15, -0.1) is 0 Å². The van der Waals surface area contributed by atoms with Crippen molar-refractivity contribution < 1.29 is 17.9 Å². The summed E-state index contributed by atoms with van der Waals surface area (Å²) in [4.78, 5) is 12.8. The average Bonchev–Trinajstić information content (AvgIpc) is 2.79. The van der Waals surface area contributed by atoms with E-state index in [2.05, 4.69) is 5.32 Å². The zero-order chi connectivity index (χ0) is 22.6. The van der Waals surface area contributed by atoms with Crippen molar-refractivity contribution in [2.24, 2.45) is 0 Å². The van der Waals surface area contributed by atoms with Crippen LogP contribution in [0.5, 0.6) is 5.75 Å². The van der Waals surface area contributed by atoms with Crippen LogP contribution in [0.2, 0.25) is 0 Å². The van der Waals surface area contributed by atoms with E-state index in [9.17, 15) is 13.2 Å². The Morgan fingerprint density at radius 3 is 2.13 bits per heavy atom. The van der Waals surface area contributed by atoms with Crippen LogP contribution in [0.15, 0.2) is 77.7 Å². The maximum absolute atomic E-state index is 12.8. The Morgan fingerprint density at radius 1 is 0.935 bits per heavy atom. The number of benzene rings is 3. The highest BCUT2D eigenvalue weighted by Gasteiger charge is 2.24. The minimum atomic E-state index is -3.76. The van der Waals surface area contributed by atoms with Gasteiger partial charge in [0.1, 0.15) is 10.6 Å². The first-order valence-corrected chi connectivity index (χ1v) is 11.2. The fraction of sp³-hybridized carbons (Fsp3) is 0.208. The zero-order valence-electron chi connectivity index (χ0n) is 18.0. The van der Waals surface area contributed by atoms with Crippen LogP contribution >= 0.6 is 0 Å². The number of methoxy groups -OCH3 is 1. The third-order valence-corrected chi connectivity index (χ3v) is 6.89. The minimum Gasteiger partial charge on any atom is -0.495 e. The number of hydrogen-bond acceptors (Lipinski definition) is 4. The van der Waals surface area contributed by atoms with Gasteiger partial charge in [-0.25, -0.2) is 12.7 Å². The molecule has 0 aliphatic rings. The number of nitrogens with one attached hydrogen (secondary N) is 1. The zero-order valence-corrected chi connectivity index (χ0v) is 18.8. The molecule has 0 saturated heterocycles. The summed E-state index contributed by atoms with van der Waals surface area (Å²) in [6, 6.07) is 22.2. The molecule has 0 aliphatic heterocycles. The molecule has 162 valence electrons. The fourth-order valence-electron chi connectivity index (χ4n) is 3.17. The van der Waals surface area contributed by atoms with Crippen molar-refractivity contribution in [2.75, 3.05) is 21.2 Å². The van der Waals surface area contributed by atoms with Gasteiger partial charge in [0, 0.05) is 19.7 Å². The van der Waals surface area contributed by atoms with Gasteiger partial charge in [-0.3, -0.25) is 4.79 Å². The molecule has 1 amide bonds. The largest absolute Gasteiger partial charge is 0.495 e. The van der Waals surface area contributed by atoms with Gasteiger partial charge in [0.05, 0.1) is 13.2 Å². The van der Waals surface area contributed by atoms with E-state index in [1.54, 1.807) is 6.07 Å². The average molecular weight is 439 g/mol. The predicted octanol–water partition coefficient (Wildman–Crippen LogP) is 4.10. The Hall–Kier alpha value is -3.16. The molecule has 1 N–H and O–H groups in total. The molecule has 7 heteroatoms. The molecule has 0 fully saturated rings. The smallest absolute Gasteiger partial charge is 0.251 e. The van der Waals surface area contributed by atoms with Crippen molar-refractivity contribution >= 4 is 15.9 Å². The second-order valence-corrected chi connectivity index (χ2v) is 9.46. The Balaban J connectivity index is 1.80. The third-order valence-electron chi connectivity index (χ3n) is 5.05. The molecule has 0 aliphatic carbocycles. The molecule has 3 aromatic carbocycles. The van der Waals surface area contributed by atoms with Crippen molar-refractivity contribution in [2.45, 2.75) is 17.9 Å². The third kappa shape index (κ3) is 4.95. The quantitative estimate of drug-likeness (QED) is 0.603. The van der Waals surface area contributed by atoms with Crippen molar-refractivity contribution in [1.82, 2.24) is 9.62 Å². The van der Waals surface area contributed by atoms with E-state index in [1.165, 1.54) is 33.3 Å². The summed E-state index contributed by atoms with van der Waals surface area (Å²) in [7, 11) is 0.501. The summed E-state index contributed by atoms with van der Waals surface area (Å²) < 4.78 is 31.5. The summed E-state index contributed by atoms with van der Waals surface area (Å²) in [5.41, 5.74) is 3.41. The number of sulfonamides is 1. The molecule has 1 unspecified atom stereocenters. The number of amides is 1. The molecule has 31 heavy (non-hydrogen) atoms. The molecule has 1 atom stereocenters. The molecule has 0 heterocycles. The highest BCUT2D eigenvalue weighted by atomic mass is 32.2. The van der Waals surface area contributed by atoms with Gasteiger partial charge in [0.2, 0.25) is 10.0 Å². The monoisotopic (exact) mass is 438 g/mol. The van der Waals surface area contributed by atoms with E-state index in [4.69, 9.17) is 4.74 Å². The summed E-state index contributed by atoms with van der Waals surface area (Å²) in [5.74, 6) is -0.174. The van der Waals surface area contributed by atoms with Crippen molar-refractivity contribution in [3.8, 4) is 16.9 Å².